The van der Waals surface area contributed by atoms with E-state index in [9.17, 15) is 17.9 Å². The summed E-state index contributed by atoms with van der Waals surface area (Å²) < 4.78 is 40.2. The van der Waals surface area contributed by atoms with Crippen LogP contribution in [0.15, 0.2) is 42.5 Å². The maximum atomic E-state index is 13.7. The third-order valence-electron chi connectivity index (χ3n) is 3.65. The van der Waals surface area contributed by atoms with Crippen molar-refractivity contribution in [1.82, 2.24) is 0 Å². The van der Waals surface area contributed by atoms with E-state index in [2.05, 4.69) is 0 Å². The number of ether oxygens (including phenoxy) is 1. The molecule has 3 rings (SSSR count). The van der Waals surface area contributed by atoms with Crippen LogP contribution in [0.3, 0.4) is 0 Å². The molecule has 124 valence electrons. The molecule has 2 aromatic carbocycles. The molecule has 0 aromatic heterocycles. The number of rotatable bonds is 4. The minimum Gasteiger partial charge on any atom is -0.772 e. The highest BCUT2D eigenvalue weighted by atomic mass is 35.5. The number of hydrogen-bond donors (Lipinski definition) is 0. The Kier molecular flexibility index (Phi) is 4.80. The average molecular weight is 366 g/mol. The number of carbonyl (C=O) groups excluding carboxylic acids is 1. The van der Waals surface area contributed by atoms with E-state index in [1.54, 1.807) is 30.3 Å². The quantitative estimate of drug-likeness (QED) is 0.615. The summed E-state index contributed by atoms with van der Waals surface area (Å²) in [5, 5.41) is -0.0257. The number of hydrogen-bond acceptors (Lipinski definition) is 4. The van der Waals surface area contributed by atoms with Crippen LogP contribution in [0, 0.1) is 5.82 Å². The first-order valence-electron chi connectivity index (χ1n) is 6.96. The fourth-order valence-corrected chi connectivity index (χ4v) is 3.10. The van der Waals surface area contributed by atoms with E-state index < -0.39 is 22.9 Å². The second kappa shape index (κ2) is 6.84. The van der Waals surface area contributed by atoms with Crippen LogP contribution in [-0.2, 0) is 26.4 Å². The molecule has 0 radical (unpaired) electrons. The largest absolute Gasteiger partial charge is 0.772 e. The zero-order valence-electron chi connectivity index (χ0n) is 12.3. The lowest BCUT2D eigenvalue weighted by molar-refractivity contribution is -0.133. The van der Waals surface area contributed by atoms with Crippen LogP contribution in [0.2, 0.25) is 5.02 Å². The fourth-order valence-electron chi connectivity index (χ4n) is 2.51. The van der Waals surface area contributed by atoms with Crippen molar-refractivity contribution >= 4 is 39.8 Å². The molecule has 2 aromatic rings. The first-order valence-corrected chi connectivity index (χ1v) is 8.59. The Hall–Kier alpha value is -2.02. The lowest BCUT2D eigenvalue weighted by Crippen LogP contribution is -1.99. The summed E-state index contributed by atoms with van der Waals surface area (Å²) >= 11 is 3.51. The minimum atomic E-state index is -2.17. The maximum Gasteiger partial charge on any atom is 0.339 e. The Morgan fingerprint density at radius 3 is 2.46 bits per heavy atom. The third-order valence-corrected chi connectivity index (χ3v) is 4.52. The van der Waals surface area contributed by atoms with E-state index in [1.165, 1.54) is 12.1 Å². The Labute approximate surface area is 145 Å². The molecule has 0 bridgehead atoms. The Bertz CT molecular complexity index is 861. The second-order valence-corrected chi connectivity index (χ2v) is 6.51. The van der Waals surface area contributed by atoms with Crippen LogP contribution in [0.5, 0.6) is 0 Å². The third kappa shape index (κ3) is 3.40. The van der Waals surface area contributed by atoms with Crippen molar-refractivity contribution in [2.45, 2.75) is 5.75 Å². The van der Waals surface area contributed by atoms with Gasteiger partial charge in [0.2, 0.25) is 0 Å². The van der Waals surface area contributed by atoms with Crippen molar-refractivity contribution in [2.75, 3.05) is 6.61 Å². The molecule has 1 heterocycles. The van der Waals surface area contributed by atoms with E-state index >= 15 is 0 Å². The zero-order chi connectivity index (χ0) is 17.3. The summed E-state index contributed by atoms with van der Waals surface area (Å²) in [6.45, 7) is 0.0746. The zero-order valence-corrected chi connectivity index (χ0v) is 13.8. The van der Waals surface area contributed by atoms with Crippen LogP contribution in [0.1, 0.15) is 16.7 Å². The molecule has 0 spiro atoms. The number of carbonyl (C=O) groups is 1. The van der Waals surface area contributed by atoms with Gasteiger partial charge in [-0.2, -0.15) is 0 Å². The van der Waals surface area contributed by atoms with Crippen molar-refractivity contribution in [3.05, 3.63) is 70.0 Å². The van der Waals surface area contributed by atoms with Gasteiger partial charge < -0.3 is 9.29 Å². The van der Waals surface area contributed by atoms with Crippen molar-refractivity contribution in [3.8, 4) is 0 Å². The molecule has 4 nitrogen and oxygen atoms in total. The second-order valence-electron chi connectivity index (χ2n) is 5.20. The Morgan fingerprint density at radius 2 is 1.83 bits per heavy atom. The molecule has 0 N–H and O–H groups in total. The van der Waals surface area contributed by atoms with Gasteiger partial charge >= 0.3 is 5.97 Å². The Balaban J connectivity index is 2.02. The van der Waals surface area contributed by atoms with Crippen LogP contribution in [0.25, 0.3) is 11.1 Å². The lowest BCUT2D eigenvalue weighted by Gasteiger charge is -2.08. The molecule has 0 amide bonds. The van der Waals surface area contributed by atoms with Gasteiger partial charge in [0.1, 0.15) is 12.4 Å². The number of benzene rings is 2. The van der Waals surface area contributed by atoms with Crippen molar-refractivity contribution < 1.29 is 22.7 Å². The van der Waals surface area contributed by atoms with Crippen molar-refractivity contribution in [3.63, 3.8) is 0 Å². The molecule has 24 heavy (non-hydrogen) atoms. The Morgan fingerprint density at radius 1 is 1.17 bits per heavy atom. The van der Waals surface area contributed by atoms with Gasteiger partial charge in [-0.3, -0.25) is 4.21 Å². The normalized spacial score (nSPS) is 15.5. The van der Waals surface area contributed by atoms with Crippen molar-refractivity contribution in [2.24, 2.45) is 0 Å². The van der Waals surface area contributed by atoms with Gasteiger partial charge in [0.25, 0.3) is 0 Å². The highest BCUT2D eigenvalue weighted by Crippen LogP contribution is 2.34. The topological polar surface area (TPSA) is 66.4 Å². The van der Waals surface area contributed by atoms with Gasteiger partial charge in [0.05, 0.1) is 10.6 Å². The predicted molar refractivity (Wildman–Crippen MR) is 88.2 cm³/mol. The smallest absolute Gasteiger partial charge is 0.339 e. The first-order chi connectivity index (χ1) is 11.5. The van der Waals surface area contributed by atoms with E-state index in [-0.39, 0.29) is 23.0 Å². The van der Waals surface area contributed by atoms with Crippen LogP contribution in [0.4, 0.5) is 4.39 Å². The highest BCUT2D eigenvalue weighted by molar-refractivity contribution is 7.78. The number of cyclic esters (lactones) is 1. The predicted octanol–water partition coefficient (Wildman–Crippen LogP) is 3.33. The van der Waals surface area contributed by atoms with Gasteiger partial charge in [-0.05, 0) is 28.8 Å². The first kappa shape index (κ1) is 16.8. The summed E-state index contributed by atoms with van der Waals surface area (Å²) in [5.74, 6) is -1.23. The van der Waals surface area contributed by atoms with Crippen LogP contribution >= 0.6 is 11.6 Å². The molecule has 0 saturated carbocycles. The summed E-state index contributed by atoms with van der Waals surface area (Å²) in [7, 11) is 0. The summed E-state index contributed by atoms with van der Waals surface area (Å²) in [4.78, 5) is 12.1. The summed E-state index contributed by atoms with van der Waals surface area (Å²) in [6.07, 6.45) is 0. The number of halogens is 2. The average Bonchev–Trinajstić information content (AvgIpc) is 2.92. The minimum absolute atomic E-state index is 0.0257. The van der Waals surface area contributed by atoms with Gasteiger partial charge in [-0.25, -0.2) is 9.18 Å². The molecule has 0 saturated heterocycles. The molecule has 0 fully saturated rings. The lowest BCUT2D eigenvalue weighted by atomic mass is 9.96. The summed E-state index contributed by atoms with van der Waals surface area (Å²) in [6, 6.07) is 10.9. The van der Waals surface area contributed by atoms with Gasteiger partial charge in [0.15, 0.2) is 0 Å². The van der Waals surface area contributed by atoms with Crippen molar-refractivity contribution in [1.29, 1.82) is 0 Å². The van der Waals surface area contributed by atoms with E-state index in [4.69, 9.17) is 16.3 Å². The molecule has 0 aliphatic carbocycles. The monoisotopic (exact) mass is 365 g/mol. The molecule has 1 unspecified atom stereocenters. The van der Waals surface area contributed by atoms with Crippen LogP contribution in [-0.4, -0.2) is 21.3 Å². The van der Waals surface area contributed by atoms with Crippen LogP contribution < -0.4 is 0 Å². The van der Waals surface area contributed by atoms with E-state index in [0.717, 1.165) is 0 Å². The fraction of sp³-hybridized carbons (Fsp3) is 0.118. The molecule has 7 heteroatoms. The highest BCUT2D eigenvalue weighted by Gasteiger charge is 2.27. The summed E-state index contributed by atoms with van der Waals surface area (Å²) in [5.41, 5.74) is 2.64. The maximum absolute atomic E-state index is 13.7. The standard InChI is InChI=1S/C17H12ClFO4S/c18-14-6-5-12(7-15(14)19)16-13(8-23-17(16)20)11-3-1-10(2-4-11)9-24(21)22/h1-7H,8-9H2,(H,21,22)/p-1. The van der Waals surface area contributed by atoms with E-state index in [1.807, 2.05) is 0 Å². The molecular weight excluding hydrogens is 355 g/mol. The van der Waals surface area contributed by atoms with Gasteiger partial charge in [-0.1, -0.05) is 53.0 Å². The molecular formula is C17H11ClFO4S-. The SMILES string of the molecule is O=C1OCC(c2ccc(CS(=O)[O-])cc2)=C1c1ccc(Cl)c(F)c1. The molecule has 1 aliphatic rings. The van der Waals surface area contributed by atoms with Gasteiger partial charge in [0, 0.05) is 11.3 Å². The molecule has 1 aliphatic heterocycles. The van der Waals surface area contributed by atoms with E-state index in [0.29, 0.717) is 22.3 Å². The van der Waals surface area contributed by atoms with Gasteiger partial charge in [-0.15, -0.1) is 0 Å². The molecule has 1 atom stereocenters. The number of esters is 1.